The van der Waals surface area contributed by atoms with Crippen molar-refractivity contribution in [2.45, 2.75) is 18.7 Å². The number of nitro groups is 1. The smallest absolute Gasteiger partial charge is 0.271 e. The third-order valence-corrected chi connectivity index (χ3v) is 4.69. The first-order chi connectivity index (χ1) is 9.72. The minimum Gasteiger partial charge on any atom is -0.281 e. The number of aromatic nitrogens is 2. The number of nitro benzene ring substituents is 1. The first kappa shape index (κ1) is 15.3. The summed E-state index contributed by atoms with van der Waals surface area (Å²) in [4.78, 5) is 10.1. The zero-order valence-electron chi connectivity index (χ0n) is 11.0. The molecule has 0 saturated carbocycles. The third-order valence-electron chi connectivity index (χ3n) is 2.73. The van der Waals surface area contributed by atoms with E-state index in [4.69, 9.17) is 11.6 Å². The number of non-ortho nitro benzene ring substituents is 1. The van der Waals surface area contributed by atoms with Gasteiger partial charge in [-0.05, 0) is 19.9 Å². The first-order valence-electron chi connectivity index (χ1n) is 5.70. The number of sulfonamides is 1. The van der Waals surface area contributed by atoms with E-state index in [9.17, 15) is 18.5 Å². The Morgan fingerprint density at radius 3 is 2.57 bits per heavy atom. The summed E-state index contributed by atoms with van der Waals surface area (Å²) in [7, 11) is -3.95. The van der Waals surface area contributed by atoms with Crippen LogP contribution in [0, 0.1) is 24.0 Å². The molecule has 0 unspecified atom stereocenters. The van der Waals surface area contributed by atoms with E-state index < -0.39 is 14.9 Å². The lowest BCUT2D eigenvalue weighted by Crippen LogP contribution is -2.15. The van der Waals surface area contributed by atoms with Crippen LogP contribution in [0.4, 0.5) is 11.4 Å². The fraction of sp³-hybridized carbons (Fsp3) is 0.182. The number of nitrogens with zero attached hydrogens (tertiary/aromatic N) is 2. The number of nitrogens with one attached hydrogen (secondary N) is 2. The molecule has 1 aromatic heterocycles. The molecule has 2 N–H and O–H groups in total. The van der Waals surface area contributed by atoms with Gasteiger partial charge in [0, 0.05) is 12.1 Å². The minimum atomic E-state index is -3.95. The SMILES string of the molecule is Cc1n[nH]c(C)c1S(=O)(=O)Nc1cc([N+](=O)[O-])ccc1Cl. The number of anilines is 1. The Bertz CT molecular complexity index is 796. The lowest BCUT2D eigenvalue weighted by molar-refractivity contribution is -0.384. The molecule has 2 rings (SSSR count). The number of halogens is 1. The van der Waals surface area contributed by atoms with Gasteiger partial charge < -0.3 is 0 Å². The van der Waals surface area contributed by atoms with Crippen LogP contribution in [0.3, 0.4) is 0 Å². The average molecular weight is 331 g/mol. The molecule has 0 fully saturated rings. The highest BCUT2D eigenvalue weighted by Gasteiger charge is 2.24. The Kier molecular flexibility index (Phi) is 3.88. The van der Waals surface area contributed by atoms with Crippen LogP contribution in [0.5, 0.6) is 0 Å². The summed E-state index contributed by atoms with van der Waals surface area (Å²) in [6, 6.07) is 3.51. The number of benzene rings is 1. The standard InChI is InChI=1S/C11H11ClN4O4S/c1-6-11(7(2)14-13-6)21(19,20)15-10-5-8(16(17)18)3-4-9(10)12/h3-5,15H,1-2H3,(H,13,14). The molecule has 0 amide bonds. The minimum absolute atomic E-state index is 0.00919. The van der Waals surface area contributed by atoms with E-state index in [1.807, 2.05) is 0 Å². The fourth-order valence-corrected chi connectivity index (χ4v) is 3.50. The summed E-state index contributed by atoms with van der Waals surface area (Å²) >= 11 is 5.87. The van der Waals surface area contributed by atoms with Gasteiger partial charge in [0.1, 0.15) is 4.90 Å². The Hall–Kier alpha value is -2.13. The topological polar surface area (TPSA) is 118 Å². The van der Waals surface area contributed by atoms with Crippen molar-refractivity contribution >= 4 is 33.0 Å². The zero-order valence-corrected chi connectivity index (χ0v) is 12.6. The van der Waals surface area contributed by atoms with Crippen molar-refractivity contribution in [2.24, 2.45) is 0 Å². The molecule has 0 aliphatic carbocycles. The maximum atomic E-state index is 12.3. The molecule has 1 aromatic carbocycles. The molecule has 21 heavy (non-hydrogen) atoms. The van der Waals surface area contributed by atoms with E-state index >= 15 is 0 Å². The largest absolute Gasteiger partial charge is 0.281 e. The van der Waals surface area contributed by atoms with Crippen molar-refractivity contribution in [3.8, 4) is 0 Å². The predicted octanol–water partition coefficient (Wildman–Crippen LogP) is 2.39. The zero-order chi connectivity index (χ0) is 15.8. The lowest BCUT2D eigenvalue weighted by Gasteiger charge is -2.09. The van der Waals surface area contributed by atoms with Gasteiger partial charge in [0.2, 0.25) is 0 Å². The van der Waals surface area contributed by atoms with Crippen LogP contribution < -0.4 is 4.72 Å². The van der Waals surface area contributed by atoms with Crippen LogP contribution in [0.25, 0.3) is 0 Å². The van der Waals surface area contributed by atoms with Gasteiger partial charge in [0.05, 0.1) is 27.0 Å². The Morgan fingerprint density at radius 1 is 1.38 bits per heavy atom. The van der Waals surface area contributed by atoms with E-state index in [0.29, 0.717) is 11.4 Å². The van der Waals surface area contributed by atoms with E-state index in [2.05, 4.69) is 14.9 Å². The van der Waals surface area contributed by atoms with Crippen molar-refractivity contribution in [1.29, 1.82) is 0 Å². The molecule has 2 aromatic rings. The molecule has 0 spiro atoms. The van der Waals surface area contributed by atoms with Gasteiger partial charge in [-0.15, -0.1) is 0 Å². The highest BCUT2D eigenvalue weighted by Crippen LogP contribution is 2.29. The molecule has 0 radical (unpaired) electrons. The molecule has 0 atom stereocenters. The maximum Gasteiger partial charge on any atom is 0.271 e. The Labute approximate surface area is 125 Å². The quantitative estimate of drug-likeness (QED) is 0.659. The molecule has 0 bridgehead atoms. The predicted molar refractivity (Wildman–Crippen MR) is 77.0 cm³/mol. The van der Waals surface area contributed by atoms with Crippen molar-refractivity contribution in [2.75, 3.05) is 4.72 Å². The van der Waals surface area contributed by atoms with Crippen LogP contribution in [-0.4, -0.2) is 23.5 Å². The number of aryl methyl sites for hydroxylation is 2. The van der Waals surface area contributed by atoms with Crippen molar-refractivity contribution < 1.29 is 13.3 Å². The molecule has 8 nitrogen and oxygen atoms in total. The molecular weight excluding hydrogens is 320 g/mol. The third kappa shape index (κ3) is 2.98. The van der Waals surface area contributed by atoms with Gasteiger partial charge in [-0.3, -0.25) is 19.9 Å². The Balaban J connectivity index is 2.46. The lowest BCUT2D eigenvalue weighted by atomic mass is 10.3. The number of H-pyrrole nitrogens is 1. The number of aromatic amines is 1. The summed E-state index contributed by atoms with van der Waals surface area (Å²) in [5.41, 5.74) is 0.326. The van der Waals surface area contributed by atoms with E-state index in [1.54, 1.807) is 6.92 Å². The second kappa shape index (κ2) is 5.34. The van der Waals surface area contributed by atoms with E-state index in [-0.39, 0.29) is 21.3 Å². The number of rotatable bonds is 4. The highest BCUT2D eigenvalue weighted by atomic mass is 35.5. The first-order valence-corrected chi connectivity index (χ1v) is 7.57. The van der Waals surface area contributed by atoms with Crippen LogP contribution in [0.1, 0.15) is 11.4 Å². The average Bonchev–Trinajstić information content (AvgIpc) is 2.71. The molecule has 112 valence electrons. The van der Waals surface area contributed by atoms with Gasteiger partial charge in [-0.25, -0.2) is 8.42 Å². The second-order valence-corrected chi connectivity index (χ2v) is 6.32. The van der Waals surface area contributed by atoms with Crippen LogP contribution in [-0.2, 0) is 10.0 Å². The van der Waals surface area contributed by atoms with Crippen molar-refractivity contribution in [3.05, 3.63) is 44.7 Å². The van der Waals surface area contributed by atoms with Gasteiger partial charge in [0.15, 0.2) is 0 Å². The van der Waals surface area contributed by atoms with Crippen molar-refractivity contribution in [3.63, 3.8) is 0 Å². The van der Waals surface area contributed by atoms with Crippen LogP contribution in [0.2, 0.25) is 5.02 Å². The highest BCUT2D eigenvalue weighted by molar-refractivity contribution is 7.92. The summed E-state index contributed by atoms with van der Waals surface area (Å²) in [5, 5.41) is 17.2. The molecular formula is C11H11ClN4O4S. The molecule has 0 aliphatic rings. The summed E-state index contributed by atoms with van der Waals surface area (Å²) in [5.74, 6) is 0. The normalized spacial score (nSPS) is 11.4. The molecule has 10 heteroatoms. The number of hydrogen-bond donors (Lipinski definition) is 2. The second-order valence-electron chi connectivity index (χ2n) is 4.29. The molecule has 0 saturated heterocycles. The maximum absolute atomic E-state index is 12.3. The van der Waals surface area contributed by atoms with Gasteiger partial charge in [0.25, 0.3) is 15.7 Å². The van der Waals surface area contributed by atoms with E-state index in [1.165, 1.54) is 19.1 Å². The van der Waals surface area contributed by atoms with E-state index in [0.717, 1.165) is 6.07 Å². The van der Waals surface area contributed by atoms with Gasteiger partial charge in [-0.2, -0.15) is 5.10 Å². The van der Waals surface area contributed by atoms with Crippen LogP contribution >= 0.6 is 11.6 Å². The van der Waals surface area contributed by atoms with Gasteiger partial charge in [-0.1, -0.05) is 11.6 Å². The van der Waals surface area contributed by atoms with Crippen molar-refractivity contribution in [1.82, 2.24) is 10.2 Å². The summed E-state index contributed by atoms with van der Waals surface area (Å²) in [6.07, 6.45) is 0. The monoisotopic (exact) mass is 330 g/mol. The van der Waals surface area contributed by atoms with Crippen LogP contribution in [0.15, 0.2) is 23.1 Å². The van der Waals surface area contributed by atoms with Gasteiger partial charge >= 0.3 is 0 Å². The molecule has 1 heterocycles. The molecule has 0 aliphatic heterocycles. The summed E-state index contributed by atoms with van der Waals surface area (Å²) in [6.45, 7) is 3.09. The Morgan fingerprint density at radius 2 is 2.05 bits per heavy atom. The summed E-state index contributed by atoms with van der Waals surface area (Å²) < 4.78 is 26.9. The number of hydrogen-bond acceptors (Lipinski definition) is 5. The fourth-order valence-electron chi connectivity index (χ4n) is 1.84.